The van der Waals surface area contributed by atoms with Crippen molar-refractivity contribution in [2.75, 3.05) is 5.32 Å². The number of hydrogen-bond donors (Lipinski definition) is 2. The molecular weight excluding hydrogens is 268 g/mol. The summed E-state index contributed by atoms with van der Waals surface area (Å²) in [5.41, 5.74) is 2.84. The van der Waals surface area contributed by atoms with E-state index in [0.717, 1.165) is 17.6 Å². The molecule has 108 valence electrons. The Morgan fingerprint density at radius 1 is 1.38 bits per heavy atom. The number of phenolic OH excluding ortho intramolecular Hbond substituents is 1. The molecule has 3 rings (SSSR count). The zero-order valence-electron chi connectivity index (χ0n) is 11.9. The average Bonchev–Trinajstić information content (AvgIpc) is 3.04. The van der Waals surface area contributed by atoms with Gasteiger partial charge in [0.05, 0.1) is 6.20 Å². The van der Waals surface area contributed by atoms with Gasteiger partial charge in [0.25, 0.3) is 5.91 Å². The van der Waals surface area contributed by atoms with Gasteiger partial charge in [-0.25, -0.2) is 4.52 Å². The number of aryl methyl sites for hydroxylation is 2. The number of aromatic hydroxyl groups is 1. The van der Waals surface area contributed by atoms with Gasteiger partial charge < -0.3 is 15.0 Å². The van der Waals surface area contributed by atoms with E-state index in [9.17, 15) is 9.90 Å². The summed E-state index contributed by atoms with van der Waals surface area (Å²) in [5.74, 6) is -0.0209. The van der Waals surface area contributed by atoms with E-state index >= 15 is 0 Å². The molecule has 0 saturated carbocycles. The predicted octanol–water partition coefficient (Wildman–Crippen LogP) is 2.19. The summed E-state index contributed by atoms with van der Waals surface area (Å²) >= 11 is 0. The molecule has 0 radical (unpaired) electrons. The topological polar surface area (TPSA) is 71.6 Å². The molecule has 1 aromatic carbocycles. The largest absolute Gasteiger partial charge is 0.508 e. The number of anilines is 1. The first-order valence-corrected chi connectivity index (χ1v) is 6.72. The number of amides is 1. The number of carbonyl (C=O) groups is 1. The zero-order valence-corrected chi connectivity index (χ0v) is 11.9. The van der Waals surface area contributed by atoms with Crippen molar-refractivity contribution in [2.45, 2.75) is 13.3 Å². The van der Waals surface area contributed by atoms with Crippen LogP contribution in [0.25, 0.3) is 5.65 Å². The van der Waals surface area contributed by atoms with Crippen molar-refractivity contribution in [3.05, 3.63) is 47.9 Å². The average molecular weight is 284 g/mol. The maximum Gasteiger partial charge on any atom is 0.261 e. The number of hydrogen-bond acceptors (Lipinski definition) is 3. The van der Waals surface area contributed by atoms with Crippen LogP contribution in [-0.4, -0.2) is 25.2 Å². The molecule has 0 aliphatic heterocycles. The summed E-state index contributed by atoms with van der Waals surface area (Å²) in [6, 6.07) is 4.92. The van der Waals surface area contributed by atoms with Crippen LogP contribution in [0.5, 0.6) is 5.75 Å². The van der Waals surface area contributed by atoms with Crippen LogP contribution in [0, 0.1) is 0 Å². The maximum absolute atomic E-state index is 12.5. The number of nitrogens with one attached hydrogen (secondary N) is 1. The number of rotatable bonds is 3. The quantitative estimate of drug-likeness (QED) is 0.724. The fourth-order valence-corrected chi connectivity index (χ4v) is 2.39. The molecule has 0 aliphatic carbocycles. The third-order valence-electron chi connectivity index (χ3n) is 3.50. The highest BCUT2D eigenvalue weighted by atomic mass is 16.3. The van der Waals surface area contributed by atoms with Gasteiger partial charge in [-0.2, -0.15) is 5.10 Å². The summed E-state index contributed by atoms with van der Waals surface area (Å²) in [4.78, 5) is 12.5. The van der Waals surface area contributed by atoms with Crippen LogP contribution in [0.4, 0.5) is 5.69 Å². The minimum absolute atomic E-state index is 0.195. The predicted molar refractivity (Wildman–Crippen MR) is 79.6 cm³/mol. The van der Waals surface area contributed by atoms with Crippen LogP contribution >= 0.6 is 0 Å². The standard InChI is InChI=1S/C15H16N4O2/c1-3-10-8-11(20)4-5-13(10)17-14(21)12-9-16-19-7-6-18(2)15(12)19/h4-9,20H,3H2,1-2H3,(H,17,21). The molecule has 0 atom stereocenters. The zero-order chi connectivity index (χ0) is 15.0. The highest BCUT2D eigenvalue weighted by Gasteiger charge is 2.16. The van der Waals surface area contributed by atoms with E-state index in [1.165, 1.54) is 0 Å². The fraction of sp³-hybridized carbons (Fsp3) is 0.200. The SMILES string of the molecule is CCc1cc(O)ccc1NC(=O)c1cnn2ccn(C)c12. The van der Waals surface area contributed by atoms with E-state index < -0.39 is 0 Å². The number of fused-ring (bicyclic) bond motifs is 1. The van der Waals surface area contributed by atoms with Crippen LogP contribution in [0.1, 0.15) is 22.8 Å². The lowest BCUT2D eigenvalue weighted by Crippen LogP contribution is -2.13. The van der Waals surface area contributed by atoms with Crippen molar-refractivity contribution in [1.29, 1.82) is 0 Å². The van der Waals surface area contributed by atoms with Gasteiger partial charge in [0.15, 0.2) is 0 Å². The van der Waals surface area contributed by atoms with E-state index in [1.54, 1.807) is 35.1 Å². The molecule has 0 fully saturated rings. The van der Waals surface area contributed by atoms with Crippen molar-refractivity contribution in [3.63, 3.8) is 0 Å². The third-order valence-corrected chi connectivity index (χ3v) is 3.50. The summed E-state index contributed by atoms with van der Waals surface area (Å²) in [7, 11) is 1.87. The van der Waals surface area contributed by atoms with Gasteiger partial charge in [0.2, 0.25) is 0 Å². The smallest absolute Gasteiger partial charge is 0.261 e. The van der Waals surface area contributed by atoms with Gasteiger partial charge in [-0.1, -0.05) is 6.92 Å². The lowest BCUT2D eigenvalue weighted by molar-refractivity contribution is 0.102. The molecule has 0 saturated heterocycles. The molecule has 6 nitrogen and oxygen atoms in total. The molecule has 2 heterocycles. The first kappa shape index (κ1) is 13.2. The lowest BCUT2D eigenvalue weighted by Gasteiger charge is -2.09. The molecule has 3 aromatic rings. The van der Waals surface area contributed by atoms with Crippen molar-refractivity contribution < 1.29 is 9.90 Å². The molecule has 0 unspecified atom stereocenters. The Morgan fingerprint density at radius 2 is 2.19 bits per heavy atom. The van der Waals surface area contributed by atoms with E-state index in [1.807, 2.05) is 24.7 Å². The second-order valence-corrected chi connectivity index (χ2v) is 4.88. The summed E-state index contributed by atoms with van der Waals surface area (Å²) in [6.07, 6.45) is 5.91. The molecule has 21 heavy (non-hydrogen) atoms. The van der Waals surface area contributed by atoms with Gasteiger partial charge in [-0.3, -0.25) is 4.79 Å². The van der Waals surface area contributed by atoms with Gasteiger partial charge >= 0.3 is 0 Å². The second kappa shape index (κ2) is 4.97. The Labute approximate surface area is 121 Å². The Kier molecular flexibility index (Phi) is 3.13. The fourth-order valence-electron chi connectivity index (χ4n) is 2.39. The van der Waals surface area contributed by atoms with Crippen LogP contribution in [0.3, 0.4) is 0 Å². The Hall–Kier alpha value is -2.76. The van der Waals surface area contributed by atoms with Crippen LogP contribution < -0.4 is 5.32 Å². The second-order valence-electron chi connectivity index (χ2n) is 4.88. The Bertz CT molecular complexity index is 816. The van der Waals surface area contributed by atoms with Crippen LogP contribution in [-0.2, 0) is 13.5 Å². The van der Waals surface area contributed by atoms with Crippen molar-refractivity contribution >= 4 is 17.2 Å². The summed E-state index contributed by atoms with van der Waals surface area (Å²) < 4.78 is 3.51. The van der Waals surface area contributed by atoms with Crippen molar-refractivity contribution in [2.24, 2.45) is 7.05 Å². The normalized spacial score (nSPS) is 11.0. The molecule has 0 bridgehead atoms. The number of nitrogens with zero attached hydrogens (tertiary/aromatic N) is 3. The minimum atomic E-state index is -0.216. The molecule has 2 aromatic heterocycles. The molecule has 6 heteroatoms. The highest BCUT2D eigenvalue weighted by molar-refractivity contribution is 6.08. The molecule has 2 N–H and O–H groups in total. The van der Waals surface area contributed by atoms with Crippen LogP contribution in [0.2, 0.25) is 0 Å². The lowest BCUT2D eigenvalue weighted by atomic mass is 10.1. The monoisotopic (exact) mass is 284 g/mol. The van der Waals surface area contributed by atoms with Gasteiger partial charge in [-0.05, 0) is 30.2 Å². The van der Waals surface area contributed by atoms with Gasteiger partial charge in [0.1, 0.15) is 17.0 Å². The molecule has 0 aliphatic rings. The van der Waals surface area contributed by atoms with Gasteiger partial charge in [-0.15, -0.1) is 0 Å². The van der Waals surface area contributed by atoms with Crippen molar-refractivity contribution in [3.8, 4) is 5.75 Å². The van der Waals surface area contributed by atoms with Crippen LogP contribution in [0.15, 0.2) is 36.8 Å². The van der Waals surface area contributed by atoms with E-state index in [-0.39, 0.29) is 11.7 Å². The van der Waals surface area contributed by atoms with E-state index in [0.29, 0.717) is 11.3 Å². The summed E-state index contributed by atoms with van der Waals surface area (Å²) in [5, 5.41) is 16.5. The Morgan fingerprint density at radius 3 is 2.95 bits per heavy atom. The van der Waals surface area contributed by atoms with Crippen molar-refractivity contribution in [1.82, 2.24) is 14.2 Å². The first-order valence-electron chi connectivity index (χ1n) is 6.72. The number of phenols is 1. The summed E-state index contributed by atoms with van der Waals surface area (Å²) in [6.45, 7) is 1.97. The molecule has 1 amide bonds. The number of carbonyl (C=O) groups excluding carboxylic acids is 1. The third kappa shape index (κ3) is 2.24. The molecular formula is C15H16N4O2. The number of imidazole rings is 1. The number of aromatic nitrogens is 3. The first-order chi connectivity index (χ1) is 10.1. The Balaban J connectivity index is 1.95. The van der Waals surface area contributed by atoms with Gasteiger partial charge in [0, 0.05) is 25.1 Å². The highest BCUT2D eigenvalue weighted by Crippen LogP contribution is 2.23. The van der Waals surface area contributed by atoms with E-state index in [2.05, 4.69) is 10.4 Å². The maximum atomic E-state index is 12.5. The minimum Gasteiger partial charge on any atom is -0.508 e. The van der Waals surface area contributed by atoms with E-state index in [4.69, 9.17) is 0 Å². The number of benzene rings is 1. The molecule has 0 spiro atoms.